The van der Waals surface area contributed by atoms with Gasteiger partial charge in [0.2, 0.25) is 0 Å². The molecule has 5 heteroatoms. The summed E-state index contributed by atoms with van der Waals surface area (Å²) in [7, 11) is 1.21. The van der Waals surface area contributed by atoms with Crippen molar-refractivity contribution in [2.45, 2.75) is 50.6 Å². The summed E-state index contributed by atoms with van der Waals surface area (Å²) in [6.07, 6.45) is 6.37. The van der Waals surface area contributed by atoms with Crippen molar-refractivity contribution in [3.8, 4) is 0 Å². The average molecular weight is 276 g/mol. The van der Waals surface area contributed by atoms with Gasteiger partial charge in [0.1, 0.15) is 9.84 Å². The van der Waals surface area contributed by atoms with Gasteiger partial charge in [-0.1, -0.05) is 6.92 Å². The molecule has 18 heavy (non-hydrogen) atoms. The smallest absolute Gasteiger partial charge is 0.147 e. The molecule has 0 aromatic rings. The second kappa shape index (κ2) is 5.88. The minimum Gasteiger partial charge on any atom is -0.326 e. The Hall–Kier alpha value is -0.130. The zero-order chi connectivity index (χ0) is 14.0. The fourth-order valence-electron chi connectivity index (χ4n) is 3.02. The van der Waals surface area contributed by atoms with Gasteiger partial charge in [0.05, 0.1) is 5.75 Å². The van der Waals surface area contributed by atoms with E-state index in [2.05, 4.69) is 25.9 Å². The number of sulfone groups is 1. The number of hydrogen-bond acceptors (Lipinski definition) is 4. The third-order valence-electron chi connectivity index (χ3n) is 4.52. The molecule has 0 spiro atoms. The first-order valence-electron chi connectivity index (χ1n) is 6.78. The van der Waals surface area contributed by atoms with Gasteiger partial charge in [-0.25, -0.2) is 8.42 Å². The van der Waals surface area contributed by atoms with Crippen molar-refractivity contribution in [3.63, 3.8) is 0 Å². The number of nitrogens with zero attached hydrogens (tertiary/aromatic N) is 1. The molecule has 0 aliphatic heterocycles. The molecule has 0 heterocycles. The Morgan fingerprint density at radius 3 is 2.22 bits per heavy atom. The largest absolute Gasteiger partial charge is 0.326 e. The van der Waals surface area contributed by atoms with Crippen molar-refractivity contribution >= 4 is 9.84 Å². The first-order valence-corrected chi connectivity index (χ1v) is 8.84. The molecule has 2 N–H and O–H groups in total. The van der Waals surface area contributed by atoms with Gasteiger partial charge in [-0.3, -0.25) is 0 Å². The van der Waals surface area contributed by atoms with Crippen molar-refractivity contribution in [2.24, 2.45) is 11.7 Å². The summed E-state index contributed by atoms with van der Waals surface area (Å²) in [5, 5.41) is 0. The summed E-state index contributed by atoms with van der Waals surface area (Å²) in [4.78, 5) is 2.21. The molecule has 1 saturated carbocycles. The van der Waals surface area contributed by atoms with E-state index in [0.29, 0.717) is 6.42 Å². The molecule has 0 aromatic heterocycles. The van der Waals surface area contributed by atoms with E-state index in [9.17, 15) is 8.42 Å². The van der Waals surface area contributed by atoms with Crippen LogP contribution in [-0.2, 0) is 9.84 Å². The summed E-state index contributed by atoms with van der Waals surface area (Å²) in [5.74, 6) is 0.958. The van der Waals surface area contributed by atoms with E-state index >= 15 is 0 Å². The van der Waals surface area contributed by atoms with Gasteiger partial charge in [-0.05, 0) is 52.1 Å². The highest BCUT2D eigenvalue weighted by molar-refractivity contribution is 7.90. The fourth-order valence-corrected chi connectivity index (χ4v) is 3.70. The van der Waals surface area contributed by atoms with Crippen LogP contribution in [0.2, 0.25) is 0 Å². The second-order valence-corrected chi connectivity index (χ2v) is 8.47. The molecule has 1 atom stereocenters. The zero-order valence-corrected chi connectivity index (χ0v) is 13.0. The average Bonchev–Trinajstić information content (AvgIpc) is 2.26. The molecule has 1 aliphatic carbocycles. The number of rotatable bonds is 5. The Morgan fingerprint density at radius 1 is 1.33 bits per heavy atom. The summed E-state index contributed by atoms with van der Waals surface area (Å²) in [6.45, 7) is 2.28. The van der Waals surface area contributed by atoms with E-state index in [0.717, 1.165) is 18.8 Å². The molecule has 1 aliphatic rings. The van der Waals surface area contributed by atoms with E-state index in [4.69, 9.17) is 5.73 Å². The molecule has 1 unspecified atom stereocenters. The Balaban J connectivity index is 2.72. The zero-order valence-electron chi connectivity index (χ0n) is 12.1. The topological polar surface area (TPSA) is 63.4 Å². The Morgan fingerprint density at radius 2 is 1.83 bits per heavy atom. The highest BCUT2D eigenvalue weighted by atomic mass is 32.2. The standard InChI is InChI=1S/C13H28N2O2S/c1-11-5-8-13(9-6-11,15(2)3)12(14)7-10-18(4,16)17/h11-12H,5-10,14H2,1-4H3. The predicted octanol–water partition coefficient (Wildman–Crippen LogP) is 1.26. The van der Waals surface area contributed by atoms with Gasteiger partial charge < -0.3 is 10.6 Å². The molecule has 0 radical (unpaired) electrons. The number of nitrogens with two attached hydrogens (primary N) is 1. The Labute approximate surface area is 112 Å². The van der Waals surface area contributed by atoms with Crippen molar-refractivity contribution in [1.29, 1.82) is 0 Å². The first kappa shape index (κ1) is 15.9. The predicted molar refractivity (Wildman–Crippen MR) is 76.4 cm³/mol. The highest BCUT2D eigenvalue weighted by Gasteiger charge is 2.41. The molecular weight excluding hydrogens is 248 g/mol. The van der Waals surface area contributed by atoms with Crippen molar-refractivity contribution in [1.82, 2.24) is 4.90 Å². The quantitative estimate of drug-likeness (QED) is 0.821. The van der Waals surface area contributed by atoms with E-state index in [1.54, 1.807) is 0 Å². The van der Waals surface area contributed by atoms with Crippen LogP contribution in [0.1, 0.15) is 39.0 Å². The molecule has 0 saturated heterocycles. The van der Waals surface area contributed by atoms with Crippen LogP contribution < -0.4 is 5.73 Å². The lowest BCUT2D eigenvalue weighted by Crippen LogP contribution is -2.59. The van der Waals surface area contributed by atoms with Crippen LogP contribution in [0, 0.1) is 5.92 Å². The molecule has 1 rings (SSSR count). The van der Waals surface area contributed by atoms with Crippen LogP contribution in [0.25, 0.3) is 0 Å². The fraction of sp³-hybridized carbons (Fsp3) is 1.00. The van der Waals surface area contributed by atoms with E-state index < -0.39 is 9.84 Å². The van der Waals surface area contributed by atoms with E-state index in [1.807, 2.05) is 0 Å². The van der Waals surface area contributed by atoms with Gasteiger partial charge in [0.25, 0.3) is 0 Å². The van der Waals surface area contributed by atoms with Crippen LogP contribution in [0.3, 0.4) is 0 Å². The minimum absolute atomic E-state index is 0.0167. The number of hydrogen-bond donors (Lipinski definition) is 1. The third kappa shape index (κ3) is 3.93. The maximum atomic E-state index is 11.3. The molecule has 4 nitrogen and oxygen atoms in total. The second-order valence-electron chi connectivity index (χ2n) is 6.21. The summed E-state index contributed by atoms with van der Waals surface area (Å²) >= 11 is 0. The van der Waals surface area contributed by atoms with Crippen LogP contribution in [-0.4, -0.2) is 51.0 Å². The van der Waals surface area contributed by atoms with E-state index in [-0.39, 0.29) is 17.3 Å². The molecule has 0 amide bonds. The Bertz CT molecular complexity index is 357. The van der Waals surface area contributed by atoms with Gasteiger partial charge in [-0.15, -0.1) is 0 Å². The van der Waals surface area contributed by atoms with Crippen molar-refractivity contribution in [3.05, 3.63) is 0 Å². The SMILES string of the molecule is CC1CCC(C(N)CCS(C)(=O)=O)(N(C)C)CC1. The van der Waals surface area contributed by atoms with Crippen molar-refractivity contribution in [2.75, 3.05) is 26.1 Å². The van der Waals surface area contributed by atoms with Gasteiger partial charge in [-0.2, -0.15) is 0 Å². The van der Waals surface area contributed by atoms with E-state index in [1.165, 1.54) is 19.1 Å². The lowest BCUT2D eigenvalue weighted by molar-refractivity contribution is 0.0558. The summed E-state index contributed by atoms with van der Waals surface area (Å²) < 4.78 is 22.6. The summed E-state index contributed by atoms with van der Waals surface area (Å²) in [5.41, 5.74) is 6.31. The van der Waals surface area contributed by atoms with Crippen molar-refractivity contribution < 1.29 is 8.42 Å². The first-order chi connectivity index (χ1) is 8.17. The highest BCUT2D eigenvalue weighted by Crippen LogP contribution is 2.37. The van der Waals surface area contributed by atoms with Gasteiger partial charge in [0.15, 0.2) is 0 Å². The minimum atomic E-state index is -2.92. The number of likely N-dealkylation sites (N-methyl/N-ethyl adjacent to an activating group) is 1. The lowest BCUT2D eigenvalue weighted by Gasteiger charge is -2.48. The third-order valence-corrected chi connectivity index (χ3v) is 5.50. The summed E-state index contributed by atoms with van der Waals surface area (Å²) in [6, 6.07) is -0.0604. The maximum absolute atomic E-state index is 11.3. The molecular formula is C13H28N2O2S. The molecule has 0 bridgehead atoms. The lowest BCUT2D eigenvalue weighted by atomic mass is 9.71. The van der Waals surface area contributed by atoms with Crippen LogP contribution in [0.5, 0.6) is 0 Å². The van der Waals surface area contributed by atoms with Gasteiger partial charge in [0, 0.05) is 17.8 Å². The monoisotopic (exact) mass is 276 g/mol. The maximum Gasteiger partial charge on any atom is 0.147 e. The molecule has 0 aromatic carbocycles. The molecule has 108 valence electrons. The van der Waals surface area contributed by atoms with Crippen LogP contribution in [0.15, 0.2) is 0 Å². The normalized spacial score (nSPS) is 31.6. The van der Waals surface area contributed by atoms with Crippen LogP contribution in [0.4, 0.5) is 0 Å². The molecule has 1 fully saturated rings. The van der Waals surface area contributed by atoms with Crippen LogP contribution >= 0.6 is 0 Å². The van der Waals surface area contributed by atoms with Gasteiger partial charge >= 0.3 is 0 Å². The Kier molecular flexibility index (Phi) is 5.21.